The minimum atomic E-state index is -3.59. The van der Waals surface area contributed by atoms with Crippen molar-refractivity contribution in [1.29, 1.82) is 0 Å². The van der Waals surface area contributed by atoms with Gasteiger partial charge in [-0.25, -0.2) is 8.42 Å². The van der Waals surface area contributed by atoms with E-state index < -0.39 is 10.0 Å². The van der Waals surface area contributed by atoms with Crippen LogP contribution in [0.1, 0.15) is 50.8 Å². The minimum absolute atomic E-state index is 0.00161. The summed E-state index contributed by atoms with van der Waals surface area (Å²) in [5, 5.41) is 0. The van der Waals surface area contributed by atoms with E-state index in [0.717, 1.165) is 44.5 Å². The second-order valence-corrected chi connectivity index (χ2v) is 10.4. The van der Waals surface area contributed by atoms with E-state index >= 15 is 0 Å². The Bertz CT molecular complexity index is 913. The van der Waals surface area contributed by atoms with Crippen molar-refractivity contribution in [3.8, 4) is 0 Å². The Morgan fingerprint density at radius 2 is 1.61 bits per heavy atom. The summed E-state index contributed by atoms with van der Waals surface area (Å²) in [6, 6.07) is 13.1. The average molecular weight is 401 g/mol. The van der Waals surface area contributed by atoms with Crippen LogP contribution in [0.5, 0.6) is 0 Å². The Morgan fingerprint density at radius 3 is 2.21 bits per heavy atom. The summed E-state index contributed by atoms with van der Waals surface area (Å²) in [5.74, 6) is 0. The lowest BCUT2D eigenvalue weighted by Crippen LogP contribution is -2.27. The van der Waals surface area contributed by atoms with Gasteiger partial charge in [-0.15, -0.1) is 0 Å². The smallest absolute Gasteiger partial charge is 0.261 e. The van der Waals surface area contributed by atoms with Crippen LogP contribution in [0.25, 0.3) is 0 Å². The van der Waals surface area contributed by atoms with Crippen LogP contribution in [-0.2, 0) is 28.3 Å². The number of sulfonamides is 1. The molecule has 0 amide bonds. The molecule has 0 aliphatic carbocycles. The fraction of sp³-hybridized carbons (Fsp3) is 0.478. The number of nitrogens with zero attached hydrogens (tertiary/aromatic N) is 1. The standard InChI is InChI=1S/C23H32N2O2S/c1-5-14-25-15-12-18-6-9-21(17-19(18)13-16-25)24-28(26,27)22-10-7-20(8-11-22)23(2,3)4/h6-11,17,24H,5,12-16H2,1-4H3. The van der Waals surface area contributed by atoms with Crippen molar-refractivity contribution in [3.63, 3.8) is 0 Å². The van der Waals surface area contributed by atoms with Crippen LogP contribution in [-0.4, -0.2) is 33.0 Å². The van der Waals surface area contributed by atoms with Crippen LogP contribution in [0.3, 0.4) is 0 Å². The van der Waals surface area contributed by atoms with E-state index in [1.165, 1.54) is 11.1 Å². The topological polar surface area (TPSA) is 49.4 Å². The van der Waals surface area contributed by atoms with Crippen molar-refractivity contribution < 1.29 is 8.42 Å². The average Bonchev–Trinajstić information content (AvgIpc) is 2.83. The molecule has 1 heterocycles. The van der Waals surface area contributed by atoms with Gasteiger partial charge in [-0.05, 0) is 72.2 Å². The Hall–Kier alpha value is -1.85. The number of benzene rings is 2. The van der Waals surface area contributed by atoms with Gasteiger partial charge >= 0.3 is 0 Å². The van der Waals surface area contributed by atoms with Gasteiger partial charge in [0.2, 0.25) is 0 Å². The van der Waals surface area contributed by atoms with E-state index in [0.29, 0.717) is 10.6 Å². The van der Waals surface area contributed by atoms with E-state index in [9.17, 15) is 8.42 Å². The highest BCUT2D eigenvalue weighted by atomic mass is 32.2. The van der Waals surface area contributed by atoms with Gasteiger partial charge in [0.05, 0.1) is 4.90 Å². The SMILES string of the molecule is CCCN1CCc2ccc(NS(=O)(=O)c3ccc(C(C)(C)C)cc3)cc2CC1. The number of rotatable bonds is 5. The Labute approximate surface area is 170 Å². The van der Waals surface area contributed by atoms with E-state index in [4.69, 9.17) is 0 Å². The van der Waals surface area contributed by atoms with Crippen molar-refractivity contribution in [2.75, 3.05) is 24.4 Å². The molecule has 1 aliphatic rings. The van der Waals surface area contributed by atoms with E-state index in [1.54, 1.807) is 12.1 Å². The highest BCUT2D eigenvalue weighted by molar-refractivity contribution is 7.92. The molecule has 0 bridgehead atoms. The molecule has 28 heavy (non-hydrogen) atoms. The first-order chi connectivity index (χ1) is 13.2. The van der Waals surface area contributed by atoms with E-state index in [-0.39, 0.29) is 5.41 Å². The molecule has 3 rings (SSSR count). The fourth-order valence-electron chi connectivity index (χ4n) is 3.72. The molecular formula is C23H32N2O2S. The summed E-state index contributed by atoms with van der Waals surface area (Å²) < 4.78 is 28.4. The molecule has 2 aromatic carbocycles. The second-order valence-electron chi connectivity index (χ2n) is 8.71. The molecule has 0 atom stereocenters. The third kappa shape index (κ3) is 4.95. The summed E-state index contributed by atoms with van der Waals surface area (Å²) in [6.45, 7) is 11.8. The van der Waals surface area contributed by atoms with Gasteiger partial charge in [0, 0.05) is 18.8 Å². The quantitative estimate of drug-likeness (QED) is 0.798. The highest BCUT2D eigenvalue weighted by Crippen LogP contribution is 2.26. The molecule has 4 nitrogen and oxygen atoms in total. The van der Waals surface area contributed by atoms with Crippen LogP contribution in [0.15, 0.2) is 47.4 Å². The Balaban J connectivity index is 1.77. The second kappa shape index (κ2) is 8.26. The first kappa shape index (κ1) is 20.9. The zero-order chi connectivity index (χ0) is 20.4. The monoisotopic (exact) mass is 400 g/mol. The van der Waals surface area contributed by atoms with Gasteiger partial charge in [-0.2, -0.15) is 0 Å². The van der Waals surface area contributed by atoms with Crippen molar-refractivity contribution >= 4 is 15.7 Å². The van der Waals surface area contributed by atoms with Gasteiger partial charge in [-0.1, -0.05) is 45.9 Å². The van der Waals surface area contributed by atoms with E-state index in [2.05, 4.69) is 43.4 Å². The van der Waals surface area contributed by atoms with Gasteiger partial charge in [0.1, 0.15) is 0 Å². The predicted octanol–water partition coefficient (Wildman–Crippen LogP) is 4.60. The number of nitrogens with one attached hydrogen (secondary N) is 1. The number of hydrogen-bond donors (Lipinski definition) is 1. The predicted molar refractivity (Wildman–Crippen MR) is 117 cm³/mol. The van der Waals surface area contributed by atoms with Crippen LogP contribution in [0.2, 0.25) is 0 Å². The fourth-order valence-corrected chi connectivity index (χ4v) is 4.77. The van der Waals surface area contributed by atoms with Crippen molar-refractivity contribution in [2.45, 2.75) is 57.3 Å². The lowest BCUT2D eigenvalue weighted by molar-refractivity contribution is 0.288. The Morgan fingerprint density at radius 1 is 0.964 bits per heavy atom. The number of hydrogen-bond acceptors (Lipinski definition) is 3. The molecule has 0 radical (unpaired) electrons. The normalized spacial score (nSPS) is 15.7. The van der Waals surface area contributed by atoms with Crippen LogP contribution >= 0.6 is 0 Å². The molecule has 1 aliphatic heterocycles. The zero-order valence-corrected chi connectivity index (χ0v) is 18.3. The van der Waals surface area contributed by atoms with Crippen LogP contribution in [0, 0.1) is 0 Å². The number of fused-ring (bicyclic) bond motifs is 1. The Kier molecular flexibility index (Phi) is 6.15. The van der Waals surface area contributed by atoms with Gasteiger partial charge in [0.25, 0.3) is 10.0 Å². The zero-order valence-electron chi connectivity index (χ0n) is 17.5. The molecule has 0 unspecified atom stereocenters. The third-order valence-electron chi connectivity index (χ3n) is 5.42. The molecule has 1 N–H and O–H groups in total. The van der Waals surface area contributed by atoms with Crippen molar-refractivity contribution in [2.24, 2.45) is 0 Å². The molecule has 0 saturated carbocycles. The lowest BCUT2D eigenvalue weighted by Gasteiger charge is -2.19. The maximum atomic E-state index is 12.8. The highest BCUT2D eigenvalue weighted by Gasteiger charge is 2.19. The van der Waals surface area contributed by atoms with Crippen LogP contribution in [0.4, 0.5) is 5.69 Å². The largest absolute Gasteiger partial charge is 0.303 e. The van der Waals surface area contributed by atoms with Gasteiger partial charge in [-0.3, -0.25) is 4.72 Å². The molecule has 0 saturated heterocycles. The first-order valence-electron chi connectivity index (χ1n) is 10.2. The first-order valence-corrected chi connectivity index (χ1v) is 11.6. The molecule has 0 fully saturated rings. The molecule has 0 spiro atoms. The number of anilines is 1. The molecule has 152 valence electrons. The maximum absolute atomic E-state index is 12.8. The van der Waals surface area contributed by atoms with Gasteiger partial charge < -0.3 is 4.90 Å². The van der Waals surface area contributed by atoms with Crippen molar-refractivity contribution in [1.82, 2.24) is 4.90 Å². The lowest BCUT2D eigenvalue weighted by atomic mass is 9.87. The summed E-state index contributed by atoms with van der Waals surface area (Å²) in [5.41, 5.74) is 4.34. The van der Waals surface area contributed by atoms with E-state index in [1.807, 2.05) is 24.3 Å². The van der Waals surface area contributed by atoms with Crippen LogP contribution < -0.4 is 4.72 Å². The summed E-state index contributed by atoms with van der Waals surface area (Å²) in [7, 11) is -3.59. The summed E-state index contributed by atoms with van der Waals surface area (Å²) in [4.78, 5) is 2.78. The maximum Gasteiger partial charge on any atom is 0.261 e. The minimum Gasteiger partial charge on any atom is -0.303 e. The molecule has 0 aromatic heterocycles. The molecule has 2 aromatic rings. The third-order valence-corrected chi connectivity index (χ3v) is 6.82. The molecule has 5 heteroatoms. The summed E-state index contributed by atoms with van der Waals surface area (Å²) in [6.07, 6.45) is 3.15. The van der Waals surface area contributed by atoms with Gasteiger partial charge in [0.15, 0.2) is 0 Å². The van der Waals surface area contributed by atoms with Crippen molar-refractivity contribution in [3.05, 3.63) is 59.2 Å². The summed E-state index contributed by atoms with van der Waals surface area (Å²) >= 11 is 0. The molecular weight excluding hydrogens is 368 g/mol.